The van der Waals surface area contributed by atoms with Gasteiger partial charge in [-0.05, 0) is 41.9 Å². The first-order chi connectivity index (χ1) is 8.08. The third-order valence-electron chi connectivity index (χ3n) is 2.19. The highest BCUT2D eigenvalue weighted by atomic mass is 79.9. The van der Waals surface area contributed by atoms with E-state index in [2.05, 4.69) is 21.2 Å². The molecule has 0 radical (unpaired) electrons. The Hall–Kier alpha value is -0.450. The lowest BCUT2D eigenvalue weighted by Crippen LogP contribution is -2.22. The van der Waals surface area contributed by atoms with Gasteiger partial charge < -0.3 is 14.8 Å². The van der Waals surface area contributed by atoms with Crippen molar-refractivity contribution in [2.75, 3.05) is 25.6 Å². The highest BCUT2D eigenvalue weighted by molar-refractivity contribution is 9.10. The quantitative estimate of drug-likeness (QED) is 0.860. The van der Waals surface area contributed by atoms with Crippen LogP contribution >= 0.6 is 27.5 Å². The molecule has 1 atom stereocenters. The molecule has 0 heterocycles. The van der Waals surface area contributed by atoms with Crippen LogP contribution in [-0.2, 0) is 4.74 Å². The van der Waals surface area contributed by atoms with Crippen molar-refractivity contribution in [3.8, 4) is 5.75 Å². The van der Waals surface area contributed by atoms with Gasteiger partial charge in [0.05, 0.1) is 23.9 Å². The molecule has 1 aromatic rings. The van der Waals surface area contributed by atoms with E-state index in [1.807, 2.05) is 19.9 Å². The van der Waals surface area contributed by atoms with Crippen LogP contribution in [0, 0.1) is 0 Å². The van der Waals surface area contributed by atoms with E-state index in [9.17, 15) is 0 Å². The molecule has 0 bridgehead atoms. The largest absolute Gasteiger partial charge is 0.493 e. The molecule has 0 amide bonds. The molecule has 0 aromatic heterocycles. The second-order valence-corrected chi connectivity index (χ2v) is 4.96. The second-order valence-electron chi connectivity index (χ2n) is 3.67. The lowest BCUT2D eigenvalue weighted by Gasteiger charge is -2.18. The van der Waals surface area contributed by atoms with Gasteiger partial charge in [-0.1, -0.05) is 11.6 Å². The summed E-state index contributed by atoms with van der Waals surface area (Å²) in [6, 6.07) is 3.83. The summed E-state index contributed by atoms with van der Waals surface area (Å²) in [5.74, 6) is 0.748. The Morgan fingerprint density at radius 2 is 2.18 bits per heavy atom. The van der Waals surface area contributed by atoms with Crippen LogP contribution in [0.25, 0.3) is 0 Å². The zero-order valence-corrected chi connectivity index (χ0v) is 12.6. The number of benzene rings is 1. The Morgan fingerprint density at radius 3 is 2.76 bits per heavy atom. The molecule has 0 aliphatic heterocycles. The van der Waals surface area contributed by atoms with Crippen LogP contribution in [0.1, 0.15) is 13.8 Å². The highest BCUT2D eigenvalue weighted by Gasteiger charge is 2.11. The summed E-state index contributed by atoms with van der Waals surface area (Å²) < 4.78 is 11.5. The molecule has 0 fully saturated rings. The third-order valence-corrected chi connectivity index (χ3v) is 2.99. The Morgan fingerprint density at radius 1 is 1.47 bits per heavy atom. The Labute approximate surface area is 116 Å². The minimum Gasteiger partial charge on any atom is -0.493 e. The van der Waals surface area contributed by atoms with E-state index in [0.717, 1.165) is 15.9 Å². The standard InChI is InChI=1S/C12H17BrClNO2/c1-4-17-7-8(2)15-11-6-9(14)5-10(13)12(11)16-3/h5-6,8,15H,4,7H2,1-3H3. The summed E-state index contributed by atoms with van der Waals surface area (Å²) in [5.41, 5.74) is 0.860. The first kappa shape index (κ1) is 14.6. The number of nitrogens with one attached hydrogen (secondary N) is 1. The van der Waals surface area contributed by atoms with Gasteiger partial charge in [0.2, 0.25) is 0 Å². The molecule has 1 rings (SSSR count). The molecule has 1 aromatic carbocycles. The van der Waals surface area contributed by atoms with E-state index >= 15 is 0 Å². The average molecular weight is 323 g/mol. The number of hydrogen-bond acceptors (Lipinski definition) is 3. The van der Waals surface area contributed by atoms with Gasteiger partial charge in [0.15, 0.2) is 5.75 Å². The van der Waals surface area contributed by atoms with E-state index in [-0.39, 0.29) is 6.04 Å². The Balaban J connectivity index is 2.81. The van der Waals surface area contributed by atoms with E-state index in [1.165, 1.54) is 0 Å². The van der Waals surface area contributed by atoms with Crippen LogP contribution in [-0.4, -0.2) is 26.4 Å². The number of anilines is 1. The molecular formula is C12H17BrClNO2. The zero-order valence-electron chi connectivity index (χ0n) is 10.2. The molecule has 0 saturated carbocycles. The predicted octanol–water partition coefficient (Wildman–Crippen LogP) is 3.95. The summed E-state index contributed by atoms with van der Waals surface area (Å²) in [4.78, 5) is 0. The van der Waals surface area contributed by atoms with Gasteiger partial charge in [0, 0.05) is 17.7 Å². The van der Waals surface area contributed by atoms with Crippen molar-refractivity contribution in [3.05, 3.63) is 21.6 Å². The first-order valence-electron chi connectivity index (χ1n) is 5.45. The molecule has 3 nitrogen and oxygen atoms in total. The Kier molecular flexibility index (Phi) is 6.09. The molecule has 1 N–H and O–H groups in total. The molecule has 1 unspecified atom stereocenters. The molecular weight excluding hydrogens is 305 g/mol. The summed E-state index contributed by atoms with van der Waals surface area (Å²) in [5, 5.41) is 3.97. The van der Waals surface area contributed by atoms with Crippen molar-refractivity contribution in [3.63, 3.8) is 0 Å². The van der Waals surface area contributed by atoms with Gasteiger partial charge >= 0.3 is 0 Å². The van der Waals surface area contributed by atoms with Crippen LogP contribution in [0.2, 0.25) is 5.02 Å². The van der Waals surface area contributed by atoms with E-state index < -0.39 is 0 Å². The number of rotatable bonds is 6. The van der Waals surface area contributed by atoms with Crippen molar-refractivity contribution in [1.82, 2.24) is 0 Å². The molecule has 0 aliphatic rings. The van der Waals surface area contributed by atoms with Gasteiger partial charge in [0.1, 0.15) is 0 Å². The molecule has 0 aliphatic carbocycles. The maximum atomic E-state index is 6.01. The third kappa shape index (κ3) is 4.37. The smallest absolute Gasteiger partial charge is 0.156 e. The molecule has 17 heavy (non-hydrogen) atoms. The lowest BCUT2D eigenvalue weighted by atomic mass is 10.2. The van der Waals surface area contributed by atoms with Gasteiger partial charge in [-0.15, -0.1) is 0 Å². The van der Waals surface area contributed by atoms with Gasteiger partial charge in [-0.3, -0.25) is 0 Å². The van der Waals surface area contributed by atoms with Crippen LogP contribution < -0.4 is 10.1 Å². The predicted molar refractivity (Wildman–Crippen MR) is 75.3 cm³/mol. The SMILES string of the molecule is CCOCC(C)Nc1cc(Cl)cc(Br)c1OC. The van der Waals surface area contributed by atoms with Crippen molar-refractivity contribution in [2.24, 2.45) is 0 Å². The summed E-state index contributed by atoms with van der Waals surface area (Å²) in [6.45, 7) is 5.37. The van der Waals surface area contributed by atoms with Crippen molar-refractivity contribution in [1.29, 1.82) is 0 Å². The molecule has 0 spiro atoms. The minimum absolute atomic E-state index is 0.189. The maximum absolute atomic E-state index is 6.01. The number of hydrogen-bond donors (Lipinski definition) is 1. The topological polar surface area (TPSA) is 30.5 Å². The van der Waals surface area contributed by atoms with E-state index in [1.54, 1.807) is 13.2 Å². The van der Waals surface area contributed by atoms with Crippen LogP contribution in [0.4, 0.5) is 5.69 Å². The molecule has 96 valence electrons. The molecule has 5 heteroatoms. The van der Waals surface area contributed by atoms with Crippen LogP contribution in [0.5, 0.6) is 5.75 Å². The fraction of sp³-hybridized carbons (Fsp3) is 0.500. The summed E-state index contributed by atoms with van der Waals surface area (Å²) >= 11 is 9.43. The lowest BCUT2D eigenvalue weighted by molar-refractivity contribution is 0.141. The normalized spacial score (nSPS) is 12.3. The highest BCUT2D eigenvalue weighted by Crippen LogP contribution is 2.36. The van der Waals surface area contributed by atoms with Crippen LogP contribution in [0.3, 0.4) is 0 Å². The Bertz CT molecular complexity index is 374. The van der Waals surface area contributed by atoms with Gasteiger partial charge in [0.25, 0.3) is 0 Å². The first-order valence-corrected chi connectivity index (χ1v) is 6.62. The number of ether oxygens (including phenoxy) is 2. The minimum atomic E-state index is 0.189. The van der Waals surface area contributed by atoms with Crippen LogP contribution in [0.15, 0.2) is 16.6 Å². The van der Waals surface area contributed by atoms with Crippen molar-refractivity contribution >= 4 is 33.2 Å². The molecule has 0 saturated heterocycles. The summed E-state index contributed by atoms with van der Waals surface area (Å²) in [7, 11) is 1.63. The van der Waals surface area contributed by atoms with Gasteiger partial charge in [-0.2, -0.15) is 0 Å². The maximum Gasteiger partial charge on any atom is 0.156 e. The monoisotopic (exact) mass is 321 g/mol. The average Bonchev–Trinajstić information content (AvgIpc) is 2.25. The number of halogens is 2. The second kappa shape index (κ2) is 7.09. The van der Waals surface area contributed by atoms with Gasteiger partial charge in [-0.25, -0.2) is 0 Å². The fourth-order valence-corrected chi connectivity index (χ4v) is 2.45. The fourth-order valence-electron chi connectivity index (χ4n) is 1.48. The van der Waals surface area contributed by atoms with Crippen molar-refractivity contribution < 1.29 is 9.47 Å². The number of methoxy groups -OCH3 is 1. The van der Waals surface area contributed by atoms with E-state index in [0.29, 0.717) is 18.2 Å². The van der Waals surface area contributed by atoms with Crippen molar-refractivity contribution in [2.45, 2.75) is 19.9 Å². The zero-order chi connectivity index (χ0) is 12.8. The summed E-state index contributed by atoms with van der Waals surface area (Å²) in [6.07, 6.45) is 0. The van der Waals surface area contributed by atoms with E-state index in [4.69, 9.17) is 21.1 Å².